The molecule has 4 aromatic rings. The summed E-state index contributed by atoms with van der Waals surface area (Å²) in [5.41, 5.74) is 5.18. The Balaban J connectivity index is 1.43. The van der Waals surface area contributed by atoms with Crippen molar-refractivity contribution >= 4 is 32.1 Å². The largest absolute Gasteiger partial charge is 0.488 e. The molecule has 5 heterocycles. The number of pyridine rings is 1. The summed E-state index contributed by atoms with van der Waals surface area (Å²) in [4.78, 5) is 25.6. The van der Waals surface area contributed by atoms with Crippen molar-refractivity contribution in [2.24, 2.45) is 0 Å². The van der Waals surface area contributed by atoms with Gasteiger partial charge in [-0.2, -0.15) is 0 Å². The van der Waals surface area contributed by atoms with Crippen LogP contribution >= 0.6 is 0 Å². The van der Waals surface area contributed by atoms with Gasteiger partial charge in [-0.25, -0.2) is 13.4 Å². The van der Waals surface area contributed by atoms with E-state index in [0.717, 1.165) is 57.3 Å². The summed E-state index contributed by atoms with van der Waals surface area (Å²) in [5.74, 6) is 2.26. The maximum absolute atomic E-state index is 12.3. The molecule has 0 spiro atoms. The number of imidazole rings is 1. The molecule has 0 bridgehead atoms. The highest BCUT2D eigenvalue weighted by Gasteiger charge is 2.36. The van der Waals surface area contributed by atoms with Crippen LogP contribution in [-0.4, -0.2) is 77.3 Å². The molecule has 1 fully saturated rings. The topological polar surface area (TPSA) is 124 Å². The minimum absolute atomic E-state index is 0.161. The number of amides is 1. The molecule has 0 unspecified atom stereocenters. The Morgan fingerprint density at radius 1 is 1.13 bits per heavy atom. The van der Waals surface area contributed by atoms with Crippen molar-refractivity contribution in [1.29, 1.82) is 0 Å². The van der Waals surface area contributed by atoms with Gasteiger partial charge in [-0.05, 0) is 51.0 Å². The zero-order valence-electron chi connectivity index (χ0n) is 22.3. The van der Waals surface area contributed by atoms with Crippen LogP contribution in [0, 0.1) is 13.8 Å². The fraction of sp³-hybridized carbons (Fsp3) is 0.407. The van der Waals surface area contributed by atoms with Crippen LogP contribution in [0.2, 0.25) is 0 Å². The Labute approximate surface area is 226 Å². The number of nitrogens with zero attached hydrogens (tertiary/aromatic N) is 6. The monoisotopic (exact) mass is 550 g/mol. The number of benzene rings is 1. The lowest BCUT2D eigenvalue weighted by molar-refractivity contribution is 0.201. The quantitative estimate of drug-likeness (QED) is 0.374. The third-order valence-corrected chi connectivity index (χ3v) is 8.64. The lowest BCUT2D eigenvalue weighted by Crippen LogP contribution is -2.47. The molecule has 0 radical (unpaired) electrons. The second-order valence-electron chi connectivity index (χ2n) is 10.2. The summed E-state index contributed by atoms with van der Waals surface area (Å²) in [5, 5.41) is 3.30. The zero-order valence-corrected chi connectivity index (χ0v) is 23.1. The maximum Gasteiger partial charge on any atom is 0.338 e. The normalized spacial score (nSPS) is 17.8. The van der Waals surface area contributed by atoms with E-state index in [9.17, 15) is 13.2 Å². The van der Waals surface area contributed by atoms with Crippen molar-refractivity contribution in [1.82, 2.24) is 24.6 Å². The molecule has 2 aliphatic heterocycles. The van der Waals surface area contributed by atoms with Crippen LogP contribution in [0.5, 0.6) is 5.75 Å². The van der Waals surface area contributed by atoms with Crippen molar-refractivity contribution in [2.75, 3.05) is 37.9 Å². The van der Waals surface area contributed by atoms with E-state index in [1.54, 1.807) is 13.2 Å². The lowest BCUT2D eigenvalue weighted by atomic mass is 10.0. The van der Waals surface area contributed by atoms with Crippen LogP contribution < -0.4 is 9.64 Å². The van der Waals surface area contributed by atoms with Gasteiger partial charge in [0.15, 0.2) is 5.75 Å². The van der Waals surface area contributed by atoms with E-state index in [4.69, 9.17) is 14.2 Å². The number of aryl methyl sites for hydroxylation is 2. The predicted molar refractivity (Wildman–Crippen MR) is 146 cm³/mol. The van der Waals surface area contributed by atoms with Crippen LogP contribution in [0.1, 0.15) is 36.0 Å². The second-order valence-corrected chi connectivity index (χ2v) is 12.1. The van der Waals surface area contributed by atoms with Gasteiger partial charge in [0, 0.05) is 44.2 Å². The summed E-state index contributed by atoms with van der Waals surface area (Å²) < 4.78 is 37.7. The molecule has 2 aliphatic rings. The summed E-state index contributed by atoms with van der Waals surface area (Å²) in [6, 6.07) is 9.49. The molecule has 6 rings (SSSR count). The predicted octanol–water partition coefficient (Wildman–Crippen LogP) is 3.75. The first-order valence-electron chi connectivity index (χ1n) is 12.9. The van der Waals surface area contributed by atoms with E-state index >= 15 is 0 Å². The Bertz CT molecular complexity index is 1650. The molecule has 1 aromatic carbocycles. The summed E-state index contributed by atoms with van der Waals surface area (Å²) in [6.07, 6.45) is 3.99. The van der Waals surface area contributed by atoms with Crippen LogP contribution in [0.15, 0.2) is 41.1 Å². The molecule has 0 N–H and O–H groups in total. The van der Waals surface area contributed by atoms with Crippen LogP contribution in [0.4, 0.5) is 10.7 Å². The Morgan fingerprint density at radius 2 is 1.90 bits per heavy atom. The Hall–Kier alpha value is -3.93. The number of piperidine rings is 1. The molecule has 204 valence electrons. The number of hydrogen-bond acceptors (Lipinski definition) is 9. The second kappa shape index (κ2) is 9.37. The fourth-order valence-corrected chi connectivity index (χ4v) is 6.44. The van der Waals surface area contributed by atoms with Gasteiger partial charge in [-0.1, -0.05) is 11.2 Å². The number of carbonyl (C=O) groups excluding carboxylic acids is 1. The smallest absolute Gasteiger partial charge is 0.338 e. The minimum atomic E-state index is -3.78. The number of hydrogen-bond donors (Lipinski definition) is 0. The van der Waals surface area contributed by atoms with Gasteiger partial charge in [0.2, 0.25) is 15.8 Å². The SMILES string of the molecule is Cc1noc(C)c1-c1ccc2nc(N3CCC(N(C)C(=O)S(C)(=O)=O)CC3)n3c2c1OC[C@@H]3c1ccccn1. The molecule has 11 nitrogen and oxygen atoms in total. The van der Waals surface area contributed by atoms with Gasteiger partial charge in [-0.3, -0.25) is 14.3 Å². The average Bonchev–Trinajstić information content (AvgIpc) is 3.49. The van der Waals surface area contributed by atoms with Gasteiger partial charge >= 0.3 is 5.24 Å². The Kier molecular flexibility index (Phi) is 6.09. The summed E-state index contributed by atoms with van der Waals surface area (Å²) >= 11 is 0. The Morgan fingerprint density at radius 3 is 2.54 bits per heavy atom. The first-order valence-corrected chi connectivity index (χ1v) is 14.8. The lowest BCUT2D eigenvalue weighted by Gasteiger charge is -2.38. The highest BCUT2D eigenvalue weighted by molar-refractivity contribution is 8.05. The molecule has 0 saturated carbocycles. The summed E-state index contributed by atoms with van der Waals surface area (Å²) in [7, 11) is -2.22. The molecule has 1 amide bonds. The number of sulfone groups is 1. The van der Waals surface area contributed by atoms with E-state index in [2.05, 4.69) is 19.6 Å². The molecular weight excluding hydrogens is 520 g/mol. The standard InChI is InChI=1S/C27H30N6O5S/c1-16-23(17(2)38-30-16)19-8-9-21-24-25(19)37-15-22(20-7-5-6-12-28-20)33(24)26(29-21)32-13-10-18(11-14-32)31(3)27(34)39(4,35)36/h5-9,12,18,22H,10-11,13-15H2,1-4H3/t22-/m1/s1. The van der Waals surface area contributed by atoms with Crippen molar-refractivity contribution in [3.8, 4) is 16.9 Å². The van der Waals surface area contributed by atoms with Crippen molar-refractivity contribution < 1.29 is 22.5 Å². The van der Waals surface area contributed by atoms with Gasteiger partial charge in [0.1, 0.15) is 23.9 Å². The molecule has 1 atom stereocenters. The van der Waals surface area contributed by atoms with Crippen LogP contribution in [-0.2, 0) is 9.84 Å². The third kappa shape index (κ3) is 4.22. The van der Waals surface area contributed by atoms with E-state index in [1.165, 1.54) is 4.90 Å². The van der Waals surface area contributed by atoms with E-state index < -0.39 is 15.1 Å². The third-order valence-electron chi connectivity index (χ3n) is 7.72. The molecule has 12 heteroatoms. The van der Waals surface area contributed by atoms with Gasteiger partial charge in [-0.15, -0.1) is 0 Å². The highest BCUT2D eigenvalue weighted by Crippen LogP contribution is 2.46. The van der Waals surface area contributed by atoms with Crippen LogP contribution in [0.25, 0.3) is 22.2 Å². The maximum atomic E-state index is 12.3. The number of rotatable bonds is 4. The van der Waals surface area contributed by atoms with Gasteiger partial charge in [0.05, 0.1) is 22.5 Å². The van der Waals surface area contributed by atoms with Crippen molar-refractivity contribution in [3.05, 3.63) is 53.7 Å². The highest BCUT2D eigenvalue weighted by atomic mass is 32.2. The average molecular weight is 551 g/mol. The first kappa shape index (κ1) is 25.4. The van der Waals surface area contributed by atoms with Crippen molar-refractivity contribution in [3.63, 3.8) is 0 Å². The van der Waals surface area contributed by atoms with Gasteiger partial charge in [0.25, 0.3) is 0 Å². The zero-order chi connectivity index (χ0) is 27.5. The van der Waals surface area contributed by atoms with Gasteiger partial charge < -0.3 is 19.1 Å². The fourth-order valence-electron chi connectivity index (χ4n) is 5.77. The first-order chi connectivity index (χ1) is 18.6. The minimum Gasteiger partial charge on any atom is -0.488 e. The van der Waals surface area contributed by atoms with Crippen molar-refractivity contribution in [2.45, 2.75) is 38.8 Å². The number of carbonyl (C=O) groups is 1. The van der Waals surface area contributed by atoms with Crippen LogP contribution in [0.3, 0.4) is 0 Å². The molecule has 1 saturated heterocycles. The summed E-state index contributed by atoms with van der Waals surface area (Å²) in [6.45, 7) is 5.43. The van der Waals surface area contributed by atoms with E-state index in [0.29, 0.717) is 32.5 Å². The molecule has 3 aromatic heterocycles. The van der Waals surface area contributed by atoms with E-state index in [-0.39, 0.29) is 12.1 Å². The molecule has 0 aliphatic carbocycles. The number of aromatic nitrogens is 4. The van der Waals surface area contributed by atoms with E-state index in [1.807, 2.05) is 44.2 Å². The molecular formula is C27H30N6O5S. The number of ether oxygens (including phenoxy) is 1. The molecule has 39 heavy (non-hydrogen) atoms. The number of anilines is 1.